The van der Waals surface area contributed by atoms with Gasteiger partial charge in [-0.05, 0) is 46.2 Å². The number of hydrogen-bond acceptors (Lipinski definition) is 4. The molecule has 18 heavy (non-hydrogen) atoms. The molecule has 0 amide bonds. The highest BCUT2D eigenvalue weighted by Gasteiger charge is 2.52. The van der Waals surface area contributed by atoms with E-state index >= 15 is 0 Å². The summed E-state index contributed by atoms with van der Waals surface area (Å²) in [5.74, 6) is 0. The van der Waals surface area contributed by atoms with Gasteiger partial charge in [-0.25, -0.2) is 0 Å². The fraction of sp³-hybridized carbons (Fsp3) is 0.692. The van der Waals surface area contributed by atoms with Gasteiger partial charge in [0.05, 0.1) is 22.5 Å². The van der Waals surface area contributed by atoms with Crippen molar-refractivity contribution < 1.29 is 9.31 Å². The van der Waals surface area contributed by atoms with Crippen molar-refractivity contribution in [1.82, 2.24) is 10.2 Å². The SMILES string of the molecule is CCCc1ccc(B2OC(C)(C)C(C)(C)O2)nn1. The smallest absolute Gasteiger partial charge is 0.398 e. The van der Waals surface area contributed by atoms with E-state index in [0.717, 1.165) is 24.1 Å². The Kier molecular flexibility index (Phi) is 3.47. The van der Waals surface area contributed by atoms with Crippen LogP contribution in [-0.2, 0) is 15.7 Å². The molecule has 0 N–H and O–H groups in total. The minimum atomic E-state index is -0.418. The Morgan fingerprint density at radius 1 is 1.06 bits per heavy atom. The zero-order valence-electron chi connectivity index (χ0n) is 11.9. The summed E-state index contributed by atoms with van der Waals surface area (Å²) in [7, 11) is -0.418. The fourth-order valence-corrected chi connectivity index (χ4v) is 1.85. The molecule has 0 radical (unpaired) electrons. The summed E-state index contributed by atoms with van der Waals surface area (Å²) in [5, 5.41) is 8.41. The van der Waals surface area contributed by atoms with E-state index in [1.165, 1.54) is 0 Å². The molecule has 0 aliphatic carbocycles. The third-order valence-electron chi connectivity index (χ3n) is 3.74. The number of rotatable bonds is 3. The van der Waals surface area contributed by atoms with Gasteiger partial charge in [-0.1, -0.05) is 13.3 Å². The Bertz CT molecular complexity index is 402. The zero-order chi connectivity index (χ0) is 13.4. The summed E-state index contributed by atoms with van der Waals surface area (Å²) < 4.78 is 11.9. The van der Waals surface area contributed by atoms with Crippen LogP contribution in [0.1, 0.15) is 46.7 Å². The van der Waals surface area contributed by atoms with Crippen molar-refractivity contribution >= 4 is 12.7 Å². The van der Waals surface area contributed by atoms with Gasteiger partial charge >= 0.3 is 7.12 Å². The molecule has 2 rings (SSSR count). The molecule has 4 nitrogen and oxygen atoms in total. The van der Waals surface area contributed by atoms with Crippen molar-refractivity contribution in [2.75, 3.05) is 0 Å². The monoisotopic (exact) mass is 248 g/mol. The predicted molar refractivity (Wildman–Crippen MR) is 71.7 cm³/mol. The van der Waals surface area contributed by atoms with E-state index in [4.69, 9.17) is 9.31 Å². The minimum Gasteiger partial charge on any atom is -0.398 e. The highest BCUT2D eigenvalue weighted by molar-refractivity contribution is 6.61. The van der Waals surface area contributed by atoms with Crippen LogP contribution >= 0.6 is 0 Å². The third-order valence-corrected chi connectivity index (χ3v) is 3.74. The molecule has 2 heterocycles. The topological polar surface area (TPSA) is 44.2 Å². The first-order chi connectivity index (χ1) is 8.36. The van der Waals surface area contributed by atoms with Crippen LogP contribution in [0, 0.1) is 0 Å². The molecule has 1 fully saturated rings. The second kappa shape index (κ2) is 4.63. The lowest BCUT2D eigenvalue weighted by Crippen LogP contribution is -2.41. The highest BCUT2D eigenvalue weighted by atomic mass is 16.7. The lowest BCUT2D eigenvalue weighted by Gasteiger charge is -2.32. The van der Waals surface area contributed by atoms with Gasteiger partial charge in [-0.2, -0.15) is 10.2 Å². The van der Waals surface area contributed by atoms with Crippen LogP contribution in [0.2, 0.25) is 0 Å². The lowest BCUT2D eigenvalue weighted by molar-refractivity contribution is 0.00578. The van der Waals surface area contributed by atoms with Crippen molar-refractivity contribution in [3.8, 4) is 0 Å². The van der Waals surface area contributed by atoms with Gasteiger partial charge in [0.1, 0.15) is 0 Å². The first kappa shape index (κ1) is 13.5. The molecule has 0 spiro atoms. The van der Waals surface area contributed by atoms with Crippen LogP contribution < -0.4 is 5.59 Å². The summed E-state index contributed by atoms with van der Waals surface area (Å²) in [6.45, 7) is 10.3. The zero-order valence-corrected chi connectivity index (χ0v) is 11.9. The second-order valence-corrected chi connectivity index (χ2v) is 5.79. The van der Waals surface area contributed by atoms with E-state index in [1.54, 1.807) is 0 Å². The van der Waals surface area contributed by atoms with Gasteiger partial charge in [-0.3, -0.25) is 0 Å². The van der Waals surface area contributed by atoms with Crippen LogP contribution in [0.5, 0.6) is 0 Å². The Hall–Kier alpha value is -0.935. The minimum absolute atomic E-state index is 0.332. The quantitative estimate of drug-likeness (QED) is 0.764. The van der Waals surface area contributed by atoms with Crippen LogP contribution in [0.3, 0.4) is 0 Å². The number of hydrogen-bond donors (Lipinski definition) is 0. The summed E-state index contributed by atoms with van der Waals surface area (Å²) in [6, 6.07) is 3.94. The molecule has 0 atom stereocenters. The maximum Gasteiger partial charge on any atom is 0.516 e. The van der Waals surface area contributed by atoms with Gasteiger partial charge < -0.3 is 9.31 Å². The van der Waals surface area contributed by atoms with Crippen LogP contribution in [0.4, 0.5) is 0 Å². The molecule has 1 aromatic rings. The fourth-order valence-electron chi connectivity index (χ4n) is 1.85. The van der Waals surface area contributed by atoms with Crippen molar-refractivity contribution in [2.45, 2.75) is 58.7 Å². The van der Waals surface area contributed by atoms with Gasteiger partial charge in [-0.15, -0.1) is 0 Å². The molecule has 1 saturated heterocycles. The molecule has 98 valence electrons. The van der Waals surface area contributed by atoms with E-state index in [0.29, 0.717) is 0 Å². The van der Waals surface area contributed by atoms with E-state index in [2.05, 4.69) is 17.1 Å². The predicted octanol–water partition coefficient (Wildman–Crippen LogP) is 1.73. The van der Waals surface area contributed by atoms with Crippen molar-refractivity contribution in [2.24, 2.45) is 0 Å². The number of aryl methyl sites for hydroxylation is 1. The summed E-state index contributed by atoms with van der Waals surface area (Å²) in [5.41, 5.74) is 1.09. The van der Waals surface area contributed by atoms with Crippen LogP contribution in [-0.4, -0.2) is 28.5 Å². The Labute approximate surface area is 109 Å². The van der Waals surface area contributed by atoms with Gasteiger partial charge in [0.2, 0.25) is 0 Å². The molecule has 0 aromatic carbocycles. The van der Waals surface area contributed by atoms with Gasteiger partial charge in [0.25, 0.3) is 0 Å². The maximum atomic E-state index is 5.93. The Morgan fingerprint density at radius 2 is 1.67 bits per heavy atom. The molecule has 1 aliphatic rings. The third kappa shape index (κ3) is 2.42. The molecule has 0 unspecified atom stereocenters. The van der Waals surface area contributed by atoms with E-state index in [1.807, 2.05) is 39.8 Å². The van der Waals surface area contributed by atoms with Crippen molar-refractivity contribution in [3.05, 3.63) is 17.8 Å². The standard InChI is InChI=1S/C13H21BN2O2/c1-6-7-10-8-9-11(16-15-10)14-17-12(2,3)13(4,5)18-14/h8-9H,6-7H2,1-5H3. The van der Waals surface area contributed by atoms with E-state index < -0.39 is 7.12 Å². The Balaban J connectivity index is 2.14. The molecule has 5 heteroatoms. The highest BCUT2D eigenvalue weighted by Crippen LogP contribution is 2.36. The molecular formula is C13H21BN2O2. The average molecular weight is 248 g/mol. The van der Waals surface area contributed by atoms with Crippen molar-refractivity contribution in [3.63, 3.8) is 0 Å². The van der Waals surface area contributed by atoms with Crippen LogP contribution in [0.25, 0.3) is 0 Å². The Morgan fingerprint density at radius 3 is 2.11 bits per heavy atom. The molecular weight excluding hydrogens is 227 g/mol. The normalized spacial score (nSPS) is 21.3. The number of nitrogens with zero attached hydrogens (tertiary/aromatic N) is 2. The first-order valence-corrected chi connectivity index (χ1v) is 6.54. The average Bonchev–Trinajstić information content (AvgIpc) is 2.50. The lowest BCUT2D eigenvalue weighted by atomic mass is 9.84. The van der Waals surface area contributed by atoms with E-state index in [9.17, 15) is 0 Å². The summed E-state index contributed by atoms with van der Waals surface area (Å²) in [6.07, 6.45) is 2.03. The molecule has 0 saturated carbocycles. The van der Waals surface area contributed by atoms with E-state index in [-0.39, 0.29) is 11.2 Å². The second-order valence-electron chi connectivity index (χ2n) is 5.79. The van der Waals surface area contributed by atoms with Crippen LogP contribution in [0.15, 0.2) is 12.1 Å². The van der Waals surface area contributed by atoms with Gasteiger partial charge in [0, 0.05) is 0 Å². The summed E-state index contributed by atoms with van der Waals surface area (Å²) in [4.78, 5) is 0. The largest absolute Gasteiger partial charge is 0.516 e. The maximum absolute atomic E-state index is 5.93. The molecule has 1 aliphatic heterocycles. The molecule has 0 bridgehead atoms. The van der Waals surface area contributed by atoms with Gasteiger partial charge in [0.15, 0.2) is 0 Å². The van der Waals surface area contributed by atoms with Crippen molar-refractivity contribution in [1.29, 1.82) is 0 Å². The summed E-state index contributed by atoms with van der Waals surface area (Å²) >= 11 is 0. The molecule has 1 aromatic heterocycles. The number of aromatic nitrogens is 2. The first-order valence-electron chi connectivity index (χ1n) is 6.54.